The highest BCUT2D eigenvalue weighted by Gasteiger charge is 2.29. The number of nitrogens with zero attached hydrogens (tertiary/aromatic N) is 1. The third-order valence-electron chi connectivity index (χ3n) is 6.59. The molecule has 0 fully saturated rings. The highest BCUT2D eigenvalue weighted by molar-refractivity contribution is 7.90. The van der Waals surface area contributed by atoms with E-state index in [2.05, 4.69) is 5.32 Å². The molecule has 9 nitrogen and oxygen atoms in total. The molecule has 0 aliphatic carbocycles. The summed E-state index contributed by atoms with van der Waals surface area (Å²) in [6, 6.07) is 22.8. The molecule has 0 bridgehead atoms. The van der Waals surface area contributed by atoms with Crippen molar-refractivity contribution in [3.8, 4) is 11.5 Å². The molecule has 0 unspecified atom stereocenters. The van der Waals surface area contributed by atoms with E-state index in [4.69, 9.17) is 9.47 Å². The number of carbonyl (C=O) groups is 2. The zero-order chi connectivity index (χ0) is 27.6. The number of nitrogens with one attached hydrogen (secondary N) is 2. The number of fused-ring (bicyclic) bond motifs is 2. The zero-order valence-corrected chi connectivity index (χ0v) is 22.2. The Bertz CT molecular complexity index is 1670. The standard InChI is InChI=1S/C29H27N3O6S/c1-19-8-3-6-13-27(19)39(35,36)31-29(34)30-24(16-21-11-7-10-20-9-4-5-12-23(20)21)28(33)32(2)22-14-15-25-26(17-22)38-18-37-25/h3-15,17,24H,16,18H2,1-2H3,(H2,30,31,34)/t24-/m0/s1. The first kappa shape index (κ1) is 26.1. The Labute approximate surface area is 226 Å². The smallest absolute Gasteiger partial charge is 0.329 e. The van der Waals surface area contributed by atoms with Gasteiger partial charge in [0.05, 0.1) is 4.90 Å². The number of aryl methyl sites for hydroxylation is 1. The lowest BCUT2D eigenvalue weighted by molar-refractivity contribution is -0.120. The lowest BCUT2D eigenvalue weighted by atomic mass is 9.98. The maximum absolute atomic E-state index is 13.8. The van der Waals surface area contributed by atoms with Crippen molar-refractivity contribution >= 4 is 38.4 Å². The van der Waals surface area contributed by atoms with Crippen LogP contribution in [0.1, 0.15) is 11.1 Å². The van der Waals surface area contributed by atoms with E-state index in [1.165, 1.54) is 11.0 Å². The summed E-state index contributed by atoms with van der Waals surface area (Å²) < 4.78 is 38.7. The van der Waals surface area contributed by atoms with Crippen molar-refractivity contribution in [1.29, 1.82) is 0 Å². The van der Waals surface area contributed by atoms with Crippen molar-refractivity contribution in [2.75, 3.05) is 18.7 Å². The quantitative estimate of drug-likeness (QED) is 0.361. The van der Waals surface area contributed by atoms with E-state index >= 15 is 0 Å². The summed E-state index contributed by atoms with van der Waals surface area (Å²) >= 11 is 0. The van der Waals surface area contributed by atoms with Crippen LogP contribution in [-0.2, 0) is 21.2 Å². The minimum Gasteiger partial charge on any atom is -0.454 e. The van der Waals surface area contributed by atoms with Crippen LogP contribution >= 0.6 is 0 Å². The van der Waals surface area contributed by atoms with E-state index in [9.17, 15) is 18.0 Å². The average Bonchev–Trinajstić information content (AvgIpc) is 3.40. The number of carbonyl (C=O) groups excluding carboxylic acids is 2. The summed E-state index contributed by atoms with van der Waals surface area (Å²) in [6.45, 7) is 1.73. The maximum Gasteiger partial charge on any atom is 0.329 e. The van der Waals surface area contributed by atoms with Crippen molar-refractivity contribution in [3.63, 3.8) is 0 Å². The summed E-state index contributed by atoms with van der Waals surface area (Å²) in [5.74, 6) is 0.642. The van der Waals surface area contributed by atoms with Gasteiger partial charge in [0.1, 0.15) is 6.04 Å². The monoisotopic (exact) mass is 545 g/mol. The van der Waals surface area contributed by atoms with Crippen LogP contribution < -0.4 is 24.4 Å². The van der Waals surface area contributed by atoms with Crippen LogP contribution in [0.15, 0.2) is 89.8 Å². The lowest BCUT2D eigenvalue weighted by Gasteiger charge is -2.25. The van der Waals surface area contributed by atoms with E-state index in [1.54, 1.807) is 50.4 Å². The van der Waals surface area contributed by atoms with Gasteiger partial charge in [-0.15, -0.1) is 0 Å². The van der Waals surface area contributed by atoms with E-state index in [0.29, 0.717) is 22.7 Å². The highest BCUT2D eigenvalue weighted by Crippen LogP contribution is 2.35. The van der Waals surface area contributed by atoms with Crippen LogP contribution in [0, 0.1) is 6.92 Å². The first-order chi connectivity index (χ1) is 18.7. The van der Waals surface area contributed by atoms with Crippen molar-refractivity contribution in [2.45, 2.75) is 24.3 Å². The van der Waals surface area contributed by atoms with Gasteiger partial charge in [0.15, 0.2) is 11.5 Å². The topological polar surface area (TPSA) is 114 Å². The van der Waals surface area contributed by atoms with Crippen molar-refractivity contribution in [1.82, 2.24) is 10.0 Å². The minimum atomic E-state index is -4.17. The normalized spacial score (nSPS) is 13.1. The minimum absolute atomic E-state index is 0.0189. The molecule has 1 aliphatic rings. The number of amides is 3. The molecule has 2 N–H and O–H groups in total. The van der Waals surface area contributed by atoms with Gasteiger partial charge in [-0.05, 0) is 47.0 Å². The number of ether oxygens (including phenoxy) is 2. The molecule has 200 valence electrons. The molecule has 5 rings (SSSR count). The summed E-state index contributed by atoms with van der Waals surface area (Å²) in [4.78, 5) is 28.2. The summed E-state index contributed by atoms with van der Waals surface area (Å²) in [7, 11) is -2.58. The van der Waals surface area contributed by atoms with Crippen LogP contribution in [0.5, 0.6) is 11.5 Å². The van der Waals surface area contributed by atoms with E-state index in [0.717, 1.165) is 16.3 Å². The van der Waals surface area contributed by atoms with E-state index in [-0.39, 0.29) is 18.1 Å². The second kappa shape index (κ2) is 10.7. The molecule has 10 heteroatoms. The summed E-state index contributed by atoms with van der Waals surface area (Å²) in [5, 5.41) is 4.51. The van der Waals surface area contributed by atoms with Gasteiger partial charge in [-0.2, -0.15) is 0 Å². The largest absolute Gasteiger partial charge is 0.454 e. The second-order valence-corrected chi connectivity index (χ2v) is 10.8. The first-order valence-electron chi connectivity index (χ1n) is 12.3. The van der Waals surface area contributed by atoms with Crippen molar-refractivity contribution in [2.24, 2.45) is 0 Å². The van der Waals surface area contributed by atoms with Crippen LogP contribution in [0.25, 0.3) is 10.8 Å². The Morgan fingerprint density at radius 3 is 2.46 bits per heavy atom. The molecule has 1 aliphatic heterocycles. The fourth-order valence-electron chi connectivity index (χ4n) is 4.57. The molecule has 0 aromatic heterocycles. The molecule has 1 heterocycles. The molecule has 4 aromatic rings. The average molecular weight is 546 g/mol. The molecule has 0 radical (unpaired) electrons. The molecule has 4 aromatic carbocycles. The second-order valence-electron chi connectivity index (χ2n) is 9.17. The predicted octanol–water partition coefficient (Wildman–Crippen LogP) is 4.14. The Hall–Kier alpha value is -4.57. The molecule has 3 amide bonds. The zero-order valence-electron chi connectivity index (χ0n) is 21.4. The fraction of sp³-hybridized carbons (Fsp3) is 0.172. The molecular formula is C29H27N3O6S. The van der Waals surface area contributed by atoms with Crippen LogP contribution in [0.2, 0.25) is 0 Å². The highest BCUT2D eigenvalue weighted by atomic mass is 32.2. The molecule has 0 saturated carbocycles. The van der Waals surface area contributed by atoms with Gasteiger partial charge in [-0.3, -0.25) is 4.79 Å². The number of anilines is 1. The number of likely N-dealkylation sites (N-methyl/N-ethyl adjacent to an activating group) is 1. The van der Waals surface area contributed by atoms with Crippen molar-refractivity contribution in [3.05, 3.63) is 96.1 Å². The van der Waals surface area contributed by atoms with Gasteiger partial charge < -0.3 is 19.7 Å². The van der Waals surface area contributed by atoms with Gasteiger partial charge in [0, 0.05) is 25.2 Å². The Kier molecular flexibility index (Phi) is 7.12. The Balaban J connectivity index is 1.43. The van der Waals surface area contributed by atoms with Gasteiger partial charge in [-0.25, -0.2) is 17.9 Å². The van der Waals surface area contributed by atoms with Crippen LogP contribution in [0.4, 0.5) is 10.5 Å². The summed E-state index contributed by atoms with van der Waals surface area (Å²) in [5.41, 5.74) is 1.85. The molecule has 0 saturated heterocycles. The first-order valence-corrected chi connectivity index (χ1v) is 13.7. The molecule has 1 atom stereocenters. The third kappa shape index (κ3) is 5.51. The molecule has 39 heavy (non-hydrogen) atoms. The lowest BCUT2D eigenvalue weighted by Crippen LogP contribution is -2.52. The number of urea groups is 1. The fourth-order valence-corrected chi connectivity index (χ4v) is 5.73. The third-order valence-corrected chi connectivity index (χ3v) is 8.08. The molecule has 0 spiro atoms. The maximum atomic E-state index is 13.8. The number of hydrogen-bond acceptors (Lipinski definition) is 6. The van der Waals surface area contributed by atoms with Gasteiger partial charge in [0.2, 0.25) is 12.7 Å². The molecular weight excluding hydrogens is 518 g/mol. The number of sulfonamides is 1. The van der Waals surface area contributed by atoms with Crippen LogP contribution in [-0.4, -0.2) is 40.2 Å². The number of rotatable bonds is 7. The summed E-state index contributed by atoms with van der Waals surface area (Å²) in [6.07, 6.45) is 0.132. The van der Waals surface area contributed by atoms with Crippen molar-refractivity contribution < 1.29 is 27.5 Å². The Morgan fingerprint density at radius 2 is 1.64 bits per heavy atom. The SMILES string of the molecule is Cc1ccccc1S(=O)(=O)NC(=O)N[C@@H](Cc1cccc2ccccc12)C(=O)N(C)c1ccc2c(c1)OCO2. The van der Waals surface area contributed by atoms with Gasteiger partial charge in [-0.1, -0.05) is 60.7 Å². The van der Waals surface area contributed by atoms with E-state index in [1.807, 2.05) is 47.2 Å². The van der Waals surface area contributed by atoms with Gasteiger partial charge in [0.25, 0.3) is 10.0 Å². The number of benzene rings is 4. The predicted molar refractivity (Wildman–Crippen MR) is 147 cm³/mol. The van der Waals surface area contributed by atoms with Gasteiger partial charge >= 0.3 is 6.03 Å². The Morgan fingerprint density at radius 1 is 0.923 bits per heavy atom. The van der Waals surface area contributed by atoms with E-state index < -0.39 is 28.0 Å². The van der Waals surface area contributed by atoms with Crippen LogP contribution in [0.3, 0.4) is 0 Å². The number of hydrogen-bond donors (Lipinski definition) is 2.